The standard InChI is InChI=1S/C14H15N3O4/c1-16-12-5-9(18)3-8-4-14(21-2)13(17(19)20)6-10(8)11(12)7-15-16/h4,6-7,9,18H,3,5H2,1-2H3. The number of nitrogens with zero attached hydrogens (tertiary/aromatic N) is 3. The van der Waals surface area contributed by atoms with E-state index in [0.29, 0.717) is 12.8 Å². The van der Waals surface area contributed by atoms with Gasteiger partial charge in [0.05, 0.1) is 24.3 Å². The second-order valence-electron chi connectivity index (χ2n) is 5.13. The molecule has 3 rings (SSSR count). The van der Waals surface area contributed by atoms with E-state index in [4.69, 9.17) is 4.74 Å². The van der Waals surface area contributed by atoms with Crippen molar-refractivity contribution in [1.82, 2.24) is 9.78 Å². The van der Waals surface area contributed by atoms with Gasteiger partial charge in [-0.15, -0.1) is 0 Å². The van der Waals surface area contributed by atoms with Crippen LogP contribution in [0.15, 0.2) is 18.3 Å². The molecule has 21 heavy (non-hydrogen) atoms. The Bertz CT molecular complexity index is 723. The van der Waals surface area contributed by atoms with Crippen LogP contribution in [-0.2, 0) is 19.9 Å². The maximum atomic E-state index is 11.2. The van der Waals surface area contributed by atoms with Crippen LogP contribution in [0, 0.1) is 10.1 Å². The number of nitro groups is 1. The summed E-state index contributed by atoms with van der Waals surface area (Å²) in [6, 6.07) is 3.14. The van der Waals surface area contributed by atoms with Crippen molar-refractivity contribution < 1.29 is 14.8 Å². The summed E-state index contributed by atoms with van der Waals surface area (Å²) in [5.74, 6) is 0.207. The highest BCUT2D eigenvalue weighted by molar-refractivity contribution is 5.75. The number of hydrogen-bond donors (Lipinski definition) is 1. The van der Waals surface area contributed by atoms with Crippen LogP contribution in [0.2, 0.25) is 0 Å². The molecule has 0 spiro atoms. The van der Waals surface area contributed by atoms with Crippen molar-refractivity contribution >= 4 is 5.69 Å². The van der Waals surface area contributed by atoms with Crippen LogP contribution in [0.1, 0.15) is 11.3 Å². The highest BCUT2D eigenvalue weighted by Gasteiger charge is 2.27. The molecule has 1 N–H and O–H groups in total. The van der Waals surface area contributed by atoms with Gasteiger partial charge < -0.3 is 9.84 Å². The SMILES string of the molecule is COc1cc2c(cc1[N+](=O)[O-])-c1cnn(C)c1CC(O)C2. The smallest absolute Gasteiger partial charge is 0.311 e. The summed E-state index contributed by atoms with van der Waals surface area (Å²) in [5.41, 5.74) is 3.19. The van der Waals surface area contributed by atoms with E-state index in [9.17, 15) is 15.2 Å². The van der Waals surface area contributed by atoms with Crippen LogP contribution in [0.5, 0.6) is 5.75 Å². The predicted octanol–water partition coefficient (Wildman–Crippen LogP) is 1.46. The zero-order chi connectivity index (χ0) is 15.1. The van der Waals surface area contributed by atoms with E-state index < -0.39 is 11.0 Å². The lowest BCUT2D eigenvalue weighted by Crippen LogP contribution is -2.14. The minimum atomic E-state index is -0.549. The zero-order valence-electron chi connectivity index (χ0n) is 11.7. The van der Waals surface area contributed by atoms with Crippen molar-refractivity contribution in [3.05, 3.63) is 39.7 Å². The van der Waals surface area contributed by atoms with Gasteiger partial charge in [-0.1, -0.05) is 0 Å². The topological polar surface area (TPSA) is 90.4 Å². The molecule has 1 aliphatic rings. The normalized spacial score (nSPS) is 16.8. The second-order valence-corrected chi connectivity index (χ2v) is 5.13. The molecular formula is C14H15N3O4. The number of fused-ring (bicyclic) bond motifs is 3. The Morgan fingerprint density at radius 3 is 2.86 bits per heavy atom. The molecule has 2 aromatic rings. The molecule has 0 saturated heterocycles. The molecule has 1 heterocycles. The van der Waals surface area contributed by atoms with Crippen molar-refractivity contribution in [2.45, 2.75) is 18.9 Å². The maximum absolute atomic E-state index is 11.2. The van der Waals surface area contributed by atoms with Gasteiger partial charge in [0.15, 0.2) is 5.75 Å². The number of rotatable bonds is 2. The highest BCUT2D eigenvalue weighted by atomic mass is 16.6. The lowest BCUT2D eigenvalue weighted by Gasteiger charge is -2.10. The van der Waals surface area contributed by atoms with E-state index in [1.165, 1.54) is 13.2 Å². The molecule has 0 radical (unpaired) electrons. The summed E-state index contributed by atoms with van der Waals surface area (Å²) in [6.45, 7) is 0. The fraction of sp³-hybridized carbons (Fsp3) is 0.357. The molecule has 1 aliphatic carbocycles. The van der Waals surface area contributed by atoms with Crippen molar-refractivity contribution in [1.29, 1.82) is 0 Å². The zero-order valence-corrected chi connectivity index (χ0v) is 11.7. The quantitative estimate of drug-likeness (QED) is 0.667. The van der Waals surface area contributed by atoms with E-state index in [-0.39, 0.29) is 11.4 Å². The number of aryl methyl sites for hydroxylation is 1. The van der Waals surface area contributed by atoms with Crippen LogP contribution < -0.4 is 4.74 Å². The monoisotopic (exact) mass is 289 g/mol. The molecule has 0 amide bonds. The molecule has 1 unspecified atom stereocenters. The van der Waals surface area contributed by atoms with Gasteiger partial charge in [0.25, 0.3) is 0 Å². The highest BCUT2D eigenvalue weighted by Crippen LogP contribution is 2.39. The van der Waals surface area contributed by atoms with E-state index in [1.807, 2.05) is 0 Å². The number of ether oxygens (including phenoxy) is 1. The van der Waals surface area contributed by atoms with Crippen LogP contribution >= 0.6 is 0 Å². The first-order valence-corrected chi connectivity index (χ1v) is 6.56. The number of aromatic nitrogens is 2. The molecule has 0 fully saturated rings. The van der Waals surface area contributed by atoms with Gasteiger partial charge in [-0.2, -0.15) is 5.10 Å². The lowest BCUT2D eigenvalue weighted by atomic mass is 9.99. The summed E-state index contributed by atoms with van der Waals surface area (Å²) in [6.07, 6.45) is 2.03. The van der Waals surface area contributed by atoms with Crippen molar-refractivity contribution in [3.63, 3.8) is 0 Å². The molecule has 1 aromatic carbocycles. The summed E-state index contributed by atoms with van der Waals surface area (Å²) in [5, 5.41) is 25.5. The van der Waals surface area contributed by atoms with Gasteiger partial charge in [0.1, 0.15) is 0 Å². The van der Waals surface area contributed by atoms with Crippen LogP contribution in [0.25, 0.3) is 11.1 Å². The lowest BCUT2D eigenvalue weighted by molar-refractivity contribution is -0.385. The fourth-order valence-corrected chi connectivity index (χ4v) is 2.82. The Balaban J connectivity index is 2.28. The molecule has 0 saturated carbocycles. The number of nitro benzene ring substituents is 1. The number of hydrogen-bond acceptors (Lipinski definition) is 5. The first-order chi connectivity index (χ1) is 10.0. The molecule has 1 atom stereocenters. The summed E-state index contributed by atoms with van der Waals surface area (Å²) in [4.78, 5) is 10.7. The van der Waals surface area contributed by atoms with Crippen LogP contribution in [0.3, 0.4) is 0 Å². The molecular weight excluding hydrogens is 274 g/mol. The van der Waals surface area contributed by atoms with Crippen molar-refractivity contribution in [3.8, 4) is 16.9 Å². The number of aliphatic hydroxyl groups excluding tert-OH is 1. The van der Waals surface area contributed by atoms with Crippen molar-refractivity contribution in [2.75, 3.05) is 7.11 Å². The third-order valence-electron chi connectivity index (χ3n) is 3.84. The largest absolute Gasteiger partial charge is 0.490 e. The van der Waals surface area contributed by atoms with Crippen LogP contribution in [0.4, 0.5) is 5.69 Å². The molecule has 7 nitrogen and oxygen atoms in total. The minimum absolute atomic E-state index is 0.0811. The van der Waals surface area contributed by atoms with E-state index >= 15 is 0 Å². The van der Waals surface area contributed by atoms with Crippen molar-refractivity contribution in [2.24, 2.45) is 7.05 Å². The predicted molar refractivity (Wildman–Crippen MR) is 75.3 cm³/mol. The molecule has 0 aliphatic heterocycles. The van der Waals surface area contributed by atoms with E-state index in [0.717, 1.165) is 22.4 Å². The second kappa shape index (κ2) is 4.85. The molecule has 110 valence electrons. The van der Waals surface area contributed by atoms with Gasteiger partial charge in [-0.3, -0.25) is 14.8 Å². The summed E-state index contributed by atoms with van der Waals surface area (Å²) < 4.78 is 6.80. The number of methoxy groups -OCH3 is 1. The summed E-state index contributed by atoms with van der Waals surface area (Å²) >= 11 is 0. The van der Waals surface area contributed by atoms with Gasteiger partial charge >= 0.3 is 5.69 Å². The number of benzene rings is 1. The Morgan fingerprint density at radius 1 is 1.43 bits per heavy atom. The molecule has 7 heteroatoms. The third kappa shape index (κ3) is 2.15. The average molecular weight is 289 g/mol. The minimum Gasteiger partial charge on any atom is -0.490 e. The van der Waals surface area contributed by atoms with E-state index in [2.05, 4.69) is 5.10 Å². The average Bonchev–Trinajstić information content (AvgIpc) is 2.72. The van der Waals surface area contributed by atoms with Crippen LogP contribution in [-0.4, -0.2) is 33.0 Å². The first-order valence-electron chi connectivity index (χ1n) is 6.56. The molecule has 1 aromatic heterocycles. The Morgan fingerprint density at radius 2 is 2.19 bits per heavy atom. The summed E-state index contributed by atoms with van der Waals surface area (Å²) in [7, 11) is 3.20. The Kier molecular flexibility index (Phi) is 3.13. The Labute approximate surface area is 120 Å². The van der Waals surface area contributed by atoms with Gasteiger partial charge in [0, 0.05) is 30.8 Å². The fourth-order valence-electron chi connectivity index (χ4n) is 2.82. The van der Waals surface area contributed by atoms with E-state index in [1.54, 1.807) is 24.0 Å². The first kappa shape index (κ1) is 13.6. The maximum Gasteiger partial charge on any atom is 0.311 e. The Hall–Kier alpha value is -2.41. The van der Waals surface area contributed by atoms with Gasteiger partial charge in [0.2, 0.25) is 0 Å². The third-order valence-corrected chi connectivity index (χ3v) is 3.84. The number of aliphatic hydroxyl groups is 1. The molecule has 0 bridgehead atoms. The van der Waals surface area contributed by atoms with Gasteiger partial charge in [-0.05, 0) is 23.6 Å². The van der Waals surface area contributed by atoms with Gasteiger partial charge in [-0.25, -0.2) is 0 Å².